The average molecular weight is 241 g/mol. The van der Waals surface area contributed by atoms with Crippen molar-refractivity contribution < 1.29 is 14.0 Å². The molecule has 2 unspecified atom stereocenters. The maximum Gasteiger partial charge on any atom is 0.233 e. The van der Waals surface area contributed by atoms with E-state index < -0.39 is 0 Å². The highest BCUT2D eigenvalue weighted by atomic mass is 16.5. The van der Waals surface area contributed by atoms with Crippen LogP contribution in [0.2, 0.25) is 0 Å². The van der Waals surface area contributed by atoms with Crippen LogP contribution in [-0.2, 0) is 16.1 Å². The van der Waals surface area contributed by atoms with Crippen LogP contribution in [0.15, 0.2) is 4.52 Å². The van der Waals surface area contributed by atoms with E-state index in [-0.39, 0.29) is 12.0 Å². The van der Waals surface area contributed by atoms with E-state index in [1.54, 1.807) is 0 Å². The minimum atomic E-state index is 0.151. The van der Waals surface area contributed by atoms with Crippen molar-refractivity contribution in [2.24, 2.45) is 0 Å². The number of aromatic nitrogens is 2. The molecule has 2 heterocycles. The molecule has 0 saturated carbocycles. The van der Waals surface area contributed by atoms with Gasteiger partial charge in [-0.3, -0.25) is 0 Å². The van der Waals surface area contributed by atoms with Crippen LogP contribution in [0, 0.1) is 0 Å². The first-order valence-electron chi connectivity index (χ1n) is 6.06. The second kappa shape index (κ2) is 6.09. The fraction of sp³-hybridized carbons (Fsp3) is 0.818. The first kappa shape index (κ1) is 12.5. The molecule has 1 aromatic rings. The summed E-state index contributed by atoms with van der Waals surface area (Å²) >= 11 is 0. The quantitative estimate of drug-likeness (QED) is 0.790. The molecule has 2 rings (SSSR count). The topological polar surface area (TPSA) is 69.4 Å². The number of ether oxygens (including phenoxy) is 2. The van der Waals surface area contributed by atoms with Crippen molar-refractivity contribution in [3.8, 4) is 0 Å². The zero-order chi connectivity index (χ0) is 12.1. The highest BCUT2D eigenvalue weighted by Gasteiger charge is 2.33. The lowest BCUT2D eigenvalue weighted by Crippen LogP contribution is -2.34. The third-order valence-corrected chi connectivity index (χ3v) is 2.78. The van der Waals surface area contributed by atoms with E-state index in [0.717, 1.165) is 6.54 Å². The lowest BCUT2D eigenvalue weighted by Gasteiger charge is -2.13. The van der Waals surface area contributed by atoms with Gasteiger partial charge in [-0.15, -0.1) is 0 Å². The molecule has 0 aliphatic carbocycles. The van der Waals surface area contributed by atoms with E-state index >= 15 is 0 Å². The van der Waals surface area contributed by atoms with Gasteiger partial charge in [0.05, 0.1) is 19.1 Å². The van der Waals surface area contributed by atoms with Gasteiger partial charge in [-0.2, -0.15) is 4.98 Å². The van der Waals surface area contributed by atoms with E-state index in [1.807, 2.05) is 6.92 Å². The van der Waals surface area contributed by atoms with Crippen molar-refractivity contribution in [3.63, 3.8) is 0 Å². The fourth-order valence-corrected chi connectivity index (χ4v) is 1.93. The standard InChI is InChI=1S/C11H19N3O3/c1-3-12-9-6-16-5-8(9)11-13-10(14-17-11)7-15-4-2/h8-9,12H,3-7H2,1-2H3. The molecule has 17 heavy (non-hydrogen) atoms. The minimum Gasteiger partial charge on any atom is -0.379 e. The van der Waals surface area contributed by atoms with Crippen LogP contribution in [-0.4, -0.2) is 42.5 Å². The summed E-state index contributed by atoms with van der Waals surface area (Å²) in [4.78, 5) is 4.34. The Morgan fingerprint density at radius 3 is 3.06 bits per heavy atom. The molecule has 6 nitrogen and oxygen atoms in total. The van der Waals surface area contributed by atoms with Gasteiger partial charge in [0.15, 0.2) is 5.82 Å². The van der Waals surface area contributed by atoms with E-state index in [9.17, 15) is 0 Å². The lowest BCUT2D eigenvalue weighted by atomic mass is 10.0. The molecule has 0 amide bonds. The first-order valence-corrected chi connectivity index (χ1v) is 6.06. The molecule has 0 bridgehead atoms. The van der Waals surface area contributed by atoms with Crippen LogP contribution in [0.3, 0.4) is 0 Å². The summed E-state index contributed by atoms with van der Waals surface area (Å²) in [6.07, 6.45) is 0. The summed E-state index contributed by atoms with van der Waals surface area (Å²) in [5, 5.41) is 7.26. The van der Waals surface area contributed by atoms with Crippen LogP contribution in [0.4, 0.5) is 0 Å². The third-order valence-electron chi connectivity index (χ3n) is 2.78. The summed E-state index contributed by atoms with van der Waals surface area (Å²) in [6.45, 7) is 7.30. The molecule has 1 aromatic heterocycles. The van der Waals surface area contributed by atoms with E-state index in [1.165, 1.54) is 0 Å². The highest BCUT2D eigenvalue weighted by Crippen LogP contribution is 2.24. The molecular formula is C11H19N3O3. The predicted molar refractivity (Wildman–Crippen MR) is 60.7 cm³/mol. The minimum absolute atomic E-state index is 0.151. The van der Waals surface area contributed by atoms with Gasteiger partial charge < -0.3 is 19.3 Å². The molecule has 0 radical (unpaired) electrons. The van der Waals surface area contributed by atoms with Gasteiger partial charge in [-0.25, -0.2) is 0 Å². The van der Waals surface area contributed by atoms with Crippen LogP contribution in [0.5, 0.6) is 0 Å². The zero-order valence-electron chi connectivity index (χ0n) is 10.3. The van der Waals surface area contributed by atoms with Gasteiger partial charge in [0.1, 0.15) is 6.61 Å². The fourth-order valence-electron chi connectivity index (χ4n) is 1.93. The average Bonchev–Trinajstić information content (AvgIpc) is 2.95. The summed E-state index contributed by atoms with van der Waals surface area (Å²) in [5.41, 5.74) is 0. The Bertz CT molecular complexity index is 342. The second-order valence-electron chi connectivity index (χ2n) is 3.99. The van der Waals surface area contributed by atoms with Gasteiger partial charge in [0.25, 0.3) is 0 Å². The molecule has 1 aliphatic rings. The van der Waals surface area contributed by atoms with Gasteiger partial charge in [-0.1, -0.05) is 12.1 Å². The molecule has 6 heteroatoms. The van der Waals surface area contributed by atoms with Crippen LogP contribution in [0.1, 0.15) is 31.5 Å². The number of hydrogen-bond acceptors (Lipinski definition) is 6. The van der Waals surface area contributed by atoms with Crippen molar-refractivity contribution in [1.82, 2.24) is 15.5 Å². The van der Waals surface area contributed by atoms with Crippen LogP contribution >= 0.6 is 0 Å². The molecule has 96 valence electrons. The Balaban J connectivity index is 1.98. The lowest BCUT2D eigenvalue weighted by molar-refractivity contribution is 0.126. The van der Waals surface area contributed by atoms with E-state index in [4.69, 9.17) is 14.0 Å². The maximum atomic E-state index is 5.45. The Labute approximate surface area is 101 Å². The third kappa shape index (κ3) is 3.02. The summed E-state index contributed by atoms with van der Waals surface area (Å²) in [6, 6.07) is 0.264. The molecule has 0 aromatic carbocycles. The van der Waals surface area contributed by atoms with Crippen molar-refractivity contribution in [2.45, 2.75) is 32.4 Å². The number of hydrogen-bond donors (Lipinski definition) is 1. The van der Waals surface area contributed by atoms with Crippen LogP contribution < -0.4 is 5.32 Å². The molecule has 1 saturated heterocycles. The molecule has 1 aliphatic heterocycles. The number of rotatable bonds is 6. The van der Waals surface area contributed by atoms with Gasteiger partial charge >= 0.3 is 0 Å². The Morgan fingerprint density at radius 2 is 2.29 bits per heavy atom. The largest absolute Gasteiger partial charge is 0.379 e. The van der Waals surface area contributed by atoms with Crippen molar-refractivity contribution >= 4 is 0 Å². The van der Waals surface area contributed by atoms with Gasteiger partial charge in [-0.05, 0) is 13.5 Å². The molecule has 1 fully saturated rings. The van der Waals surface area contributed by atoms with Crippen molar-refractivity contribution in [3.05, 3.63) is 11.7 Å². The summed E-state index contributed by atoms with van der Waals surface area (Å²) in [7, 11) is 0. The highest BCUT2D eigenvalue weighted by molar-refractivity contribution is 5.02. The first-order chi connectivity index (χ1) is 8.35. The number of nitrogens with one attached hydrogen (secondary N) is 1. The molecule has 0 spiro atoms. The normalized spacial score (nSPS) is 24.4. The Hall–Kier alpha value is -0.980. The molecular weight excluding hydrogens is 222 g/mol. The summed E-state index contributed by atoms with van der Waals surface area (Å²) in [5.74, 6) is 1.39. The molecule has 2 atom stereocenters. The van der Waals surface area contributed by atoms with E-state index in [2.05, 4.69) is 22.4 Å². The Kier molecular flexibility index (Phi) is 4.47. The predicted octanol–water partition coefficient (Wildman–Crippen LogP) is 0.698. The summed E-state index contributed by atoms with van der Waals surface area (Å²) < 4.78 is 15.9. The van der Waals surface area contributed by atoms with E-state index in [0.29, 0.717) is 38.1 Å². The van der Waals surface area contributed by atoms with Crippen molar-refractivity contribution in [2.75, 3.05) is 26.4 Å². The number of nitrogens with zero attached hydrogens (tertiary/aromatic N) is 2. The number of likely N-dealkylation sites (N-methyl/N-ethyl adjacent to an activating group) is 1. The van der Waals surface area contributed by atoms with Gasteiger partial charge in [0, 0.05) is 12.6 Å². The second-order valence-corrected chi connectivity index (χ2v) is 3.99. The van der Waals surface area contributed by atoms with Crippen LogP contribution in [0.25, 0.3) is 0 Å². The maximum absolute atomic E-state index is 5.45. The zero-order valence-corrected chi connectivity index (χ0v) is 10.3. The molecule has 1 N–H and O–H groups in total. The Morgan fingerprint density at radius 1 is 1.41 bits per heavy atom. The van der Waals surface area contributed by atoms with Crippen molar-refractivity contribution in [1.29, 1.82) is 0 Å². The monoisotopic (exact) mass is 241 g/mol. The SMILES string of the molecule is CCNC1COCC1c1nc(COCC)no1. The van der Waals surface area contributed by atoms with Gasteiger partial charge in [0.2, 0.25) is 5.89 Å². The smallest absolute Gasteiger partial charge is 0.233 e.